The number of rotatable bonds is 4. The maximum atomic E-state index is 13.2. The summed E-state index contributed by atoms with van der Waals surface area (Å²) >= 11 is 0. The van der Waals surface area contributed by atoms with Crippen molar-refractivity contribution >= 4 is 17.1 Å². The summed E-state index contributed by atoms with van der Waals surface area (Å²) in [7, 11) is 0. The Labute approximate surface area is 165 Å². The summed E-state index contributed by atoms with van der Waals surface area (Å²) in [5.41, 5.74) is 4.79. The van der Waals surface area contributed by atoms with E-state index in [4.69, 9.17) is 0 Å². The zero-order chi connectivity index (χ0) is 20.0. The number of pyridine rings is 1. The monoisotopic (exact) mass is 388 g/mol. The summed E-state index contributed by atoms with van der Waals surface area (Å²) in [6.07, 6.45) is 6.59. The van der Waals surface area contributed by atoms with E-state index in [0.29, 0.717) is 34.0 Å². The van der Waals surface area contributed by atoms with Gasteiger partial charge in [0, 0.05) is 23.4 Å². The van der Waals surface area contributed by atoms with Crippen LogP contribution in [0, 0.1) is 12.9 Å². The molecule has 1 aliphatic carbocycles. The van der Waals surface area contributed by atoms with Crippen LogP contribution in [0.5, 0.6) is 0 Å². The van der Waals surface area contributed by atoms with Crippen LogP contribution in [0.25, 0.3) is 28.1 Å². The summed E-state index contributed by atoms with van der Waals surface area (Å²) in [5.74, 6) is -0.632. The number of carbonyl (C=O) groups excluding carboxylic acids is 1. The molecule has 1 aromatic carbocycles. The normalized spacial score (nSPS) is 13.6. The van der Waals surface area contributed by atoms with E-state index < -0.39 is 5.95 Å². The highest BCUT2D eigenvalue weighted by Gasteiger charge is 2.24. The molecular weight excluding hydrogens is 371 g/mol. The molecule has 0 atom stereocenters. The molecule has 7 nitrogen and oxygen atoms in total. The minimum Gasteiger partial charge on any atom is -0.349 e. The van der Waals surface area contributed by atoms with E-state index in [1.165, 1.54) is 18.6 Å². The average molecular weight is 388 g/mol. The zero-order valence-corrected chi connectivity index (χ0v) is 15.6. The van der Waals surface area contributed by atoms with Gasteiger partial charge in [-0.3, -0.25) is 9.36 Å². The molecule has 1 amide bonds. The first-order chi connectivity index (χ1) is 14.1. The Morgan fingerprint density at radius 2 is 2.00 bits per heavy atom. The minimum atomic E-state index is -0.554. The summed E-state index contributed by atoms with van der Waals surface area (Å²) in [4.78, 5) is 29.3. The molecule has 1 fully saturated rings. The molecule has 144 valence electrons. The van der Waals surface area contributed by atoms with Crippen LogP contribution >= 0.6 is 0 Å². The van der Waals surface area contributed by atoms with Crippen molar-refractivity contribution in [3.8, 4) is 16.9 Å². The van der Waals surface area contributed by atoms with E-state index in [0.717, 1.165) is 24.1 Å². The summed E-state index contributed by atoms with van der Waals surface area (Å²) in [6.45, 7) is 1.97. The smallest absolute Gasteiger partial charge is 0.251 e. The van der Waals surface area contributed by atoms with E-state index in [-0.39, 0.29) is 5.91 Å². The number of halogens is 1. The quantitative estimate of drug-likeness (QED) is 0.543. The van der Waals surface area contributed by atoms with Crippen molar-refractivity contribution in [2.75, 3.05) is 0 Å². The first-order valence-corrected chi connectivity index (χ1v) is 9.32. The SMILES string of the molecule is Cc1ccc(C(=O)NC2CC2)cc1-n1cnc2c(-c3ccc(F)nc3)ncnc21. The van der Waals surface area contributed by atoms with Crippen LogP contribution in [-0.4, -0.2) is 36.5 Å². The predicted octanol–water partition coefficient (Wildman–Crippen LogP) is 3.22. The van der Waals surface area contributed by atoms with Gasteiger partial charge in [0.2, 0.25) is 5.95 Å². The Morgan fingerprint density at radius 1 is 1.14 bits per heavy atom. The molecule has 4 aromatic rings. The molecule has 5 rings (SSSR count). The number of nitrogens with one attached hydrogen (secondary N) is 1. The Bertz CT molecular complexity index is 1230. The van der Waals surface area contributed by atoms with Crippen molar-refractivity contribution in [2.45, 2.75) is 25.8 Å². The van der Waals surface area contributed by atoms with Crippen LogP contribution < -0.4 is 5.32 Å². The molecule has 0 spiro atoms. The number of aromatic nitrogens is 5. The van der Waals surface area contributed by atoms with Crippen molar-refractivity contribution in [3.63, 3.8) is 0 Å². The van der Waals surface area contributed by atoms with Gasteiger partial charge in [-0.15, -0.1) is 0 Å². The molecule has 0 aliphatic heterocycles. The second-order valence-electron chi connectivity index (χ2n) is 7.13. The number of fused-ring (bicyclic) bond motifs is 1. The van der Waals surface area contributed by atoms with Crippen molar-refractivity contribution in [1.29, 1.82) is 0 Å². The van der Waals surface area contributed by atoms with Crippen LogP contribution in [0.2, 0.25) is 0 Å². The van der Waals surface area contributed by atoms with E-state index in [2.05, 4.69) is 25.3 Å². The lowest BCUT2D eigenvalue weighted by Crippen LogP contribution is -2.25. The third-order valence-corrected chi connectivity index (χ3v) is 4.98. The van der Waals surface area contributed by atoms with Crippen LogP contribution in [0.3, 0.4) is 0 Å². The summed E-state index contributed by atoms with van der Waals surface area (Å²) in [6, 6.07) is 8.76. The predicted molar refractivity (Wildman–Crippen MR) is 105 cm³/mol. The molecule has 0 saturated heterocycles. The number of aryl methyl sites for hydroxylation is 1. The van der Waals surface area contributed by atoms with Crippen LogP contribution in [-0.2, 0) is 0 Å². The molecule has 1 N–H and O–H groups in total. The zero-order valence-electron chi connectivity index (χ0n) is 15.6. The van der Waals surface area contributed by atoms with Crippen LogP contribution in [0.1, 0.15) is 28.8 Å². The Morgan fingerprint density at radius 3 is 2.76 bits per heavy atom. The van der Waals surface area contributed by atoms with E-state index in [1.54, 1.807) is 12.4 Å². The van der Waals surface area contributed by atoms with Gasteiger partial charge < -0.3 is 5.32 Å². The fraction of sp³-hybridized carbons (Fsp3) is 0.190. The summed E-state index contributed by atoms with van der Waals surface area (Å²) in [5, 5.41) is 3.01. The second-order valence-corrected chi connectivity index (χ2v) is 7.13. The summed E-state index contributed by atoms with van der Waals surface area (Å²) < 4.78 is 15.0. The standard InChI is InChI=1S/C21H17FN6O/c1-12-2-3-13(21(29)27-15-5-6-15)8-16(12)28-11-26-19-18(24-10-25-20(19)28)14-4-7-17(22)23-9-14/h2-4,7-11,15H,5-6H2,1H3,(H,27,29). The van der Waals surface area contributed by atoms with Crippen molar-refractivity contribution < 1.29 is 9.18 Å². The van der Waals surface area contributed by atoms with Gasteiger partial charge in [0.15, 0.2) is 5.65 Å². The van der Waals surface area contributed by atoms with Gasteiger partial charge in [-0.2, -0.15) is 4.39 Å². The van der Waals surface area contributed by atoms with Crippen LogP contribution in [0.4, 0.5) is 4.39 Å². The number of carbonyl (C=O) groups is 1. The van der Waals surface area contributed by atoms with Gasteiger partial charge in [-0.05, 0) is 49.6 Å². The molecule has 3 heterocycles. The lowest BCUT2D eigenvalue weighted by molar-refractivity contribution is 0.0951. The first kappa shape index (κ1) is 17.4. The van der Waals surface area contributed by atoms with Crippen LogP contribution in [0.15, 0.2) is 49.2 Å². The average Bonchev–Trinajstić information content (AvgIpc) is 3.44. The lowest BCUT2D eigenvalue weighted by atomic mass is 10.1. The highest BCUT2D eigenvalue weighted by Crippen LogP contribution is 2.27. The number of nitrogens with zero attached hydrogens (tertiary/aromatic N) is 5. The number of benzene rings is 1. The van der Waals surface area contributed by atoms with Gasteiger partial charge >= 0.3 is 0 Å². The molecule has 1 saturated carbocycles. The van der Waals surface area contributed by atoms with E-state index in [9.17, 15) is 9.18 Å². The Kier molecular flexibility index (Phi) is 4.04. The van der Waals surface area contributed by atoms with Crippen molar-refractivity contribution in [2.24, 2.45) is 0 Å². The van der Waals surface area contributed by atoms with Gasteiger partial charge in [0.05, 0.1) is 5.69 Å². The number of hydrogen-bond acceptors (Lipinski definition) is 5. The molecule has 0 bridgehead atoms. The highest BCUT2D eigenvalue weighted by molar-refractivity contribution is 5.95. The molecule has 1 aliphatic rings. The topological polar surface area (TPSA) is 85.6 Å². The highest BCUT2D eigenvalue weighted by atomic mass is 19.1. The van der Waals surface area contributed by atoms with Gasteiger partial charge in [0.25, 0.3) is 5.91 Å². The number of imidazole rings is 1. The van der Waals surface area contributed by atoms with Gasteiger partial charge in [-0.1, -0.05) is 6.07 Å². The van der Waals surface area contributed by atoms with E-state index in [1.807, 2.05) is 29.7 Å². The molecule has 29 heavy (non-hydrogen) atoms. The molecule has 3 aromatic heterocycles. The third kappa shape index (κ3) is 3.22. The molecule has 0 radical (unpaired) electrons. The van der Waals surface area contributed by atoms with E-state index >= 15 is 0 Å². The van der Waals surface area contributed by atoms with Crippen molar-refractivity contribution in [1.82, 2.24) is 29.8 Å². The van der Waals surface area contributed by atoms with Crippen molar-refractivity contribution in [3.05, 3.63) is 66.3 Å². The minimum absolute atomic E-state index is 0.0779. The third-order valence-electron chi connectivity index (χ3n) is 4.98. The maximum absolute atomic E-state index is 13.2. The second kappa shape index (κ2) is 6.73. The molecular formula is C21H17FN6O. The fourth-order valence-electron chi connectivity index (χ4n) is 3.24. The first-order valence-electron chi connectivity index (χ1n) is 9.32. The number of hydrogen-bond donors (Lipinski definition) is 1. The Hall–Kier alpha value is -3.68. The largest absolute Gasteiger partial charge is 0.349 e. The van der Waals surface area contributed by atoms with Gasteiger partial charge in [-0.25, -0.2) is 19.9 Å². The van der Waals surface area contributed by atoms with Gasteiger partial charge in [0.1, 0.15) is 23.9 Å². The molecule has 0 unspecified atom stereocenters. The fourth-order valence-corrected chi connectivity index (χ4v) is 3.24. The Balaban J connectivity index is 1.60. The number of amides is 1. The maximum Gasteiger partial charge on any atom is 0.251 e. The lowest BCUT2D eigenvalue weighted by Gasteiger charge is -2.11. The molecule has 8 heteroatoms.